The standard InChI is InChI=1S/C7H16.C6H14/c1-4-5-6-7(2)3;1-5(2)6(3)4/h7H,4-6H2,1-3H3;5-6H,1-4H3. The van der Waals surface area contributed by atoms with Gasteiger partial charge in [0.15, 0.2) is 0 Å². The highest BCUT2D eigenvalue weighted by Gasteiger charge is 1.95. The molecule has 0 aromatic heterocycles. The minimum Gasteiger partial charge on any atom is -0.0654 e. The fourth-order valence-corrected chi connectivity index (χ4v) is 0.612. The van der Waals surface area contributed by atoms with E-state index in [4.69, 9.17) is 0 Å². The molecule has 0 aliphatic carbocycles. The highest BCUT2D eigenvalue weighted by atomic mass is 14.0. The average Bonchev–Trinajstić information content (AvgIpc) is 2.01. The molecular weight excluding hydrogens is 156 g/mol. The van der Waals surface area contributed by atoms with Crippen molar-refractivity contribution in [2.75, 3.05) is 0 Å². The normalized spacial score (nSPS) is 10.6. The number of hydrogen-bond acceptors (Lipinski definition) is 0. The first-order chi connectivity index (χ1) is 5.91. The van der Waals surface area contributed by atoms with Crippen LogP contribution in [0.15, 0.2) is 0 Å². The van der Waals surface area contributed by atoms with Gasteiger partial charge in [0.2, 0.25) is 0 Å². The Balaban J connectivity index is 0. The molecule has 0 unspecified atom stereocenters. The van der Waals surface area contributed by atoms with E-state index in [0.717, 1.165) is 17.8 Å². The van der Waals surface area contributed by atoms with Gasteiger partial charge in [-0.15, -0.1) is 0 Å². The van der Waals surface area contributed by atoms with E-state index in [0.29, 0.717) is 0 Å². The Morgan fingerprint density at radius 2 is 1.15 bits per heavy atom. The molecule has 82 valence electrons. The van der Waals surface area contributed by atoms with Crippen molar-refractivity contribution >= 4 is 0 Å². The van der Waals surface area contributed by atoms with Gasteiger partial charge >= 0.3 is 0 Å². The van der Waals surface area contributed by atoms with Gasteiger partial charge in [0.25, 0.3) is 0 Å². The predicted octanol–water partition coefficient (Wildman–Crippen LogP) is 5.13. The summed E-state index contributed by atoms with van der Waals surface area (Å²) in [7, 11) is 0. The van der Waals surface area contributed by atoms with Crippen LogP contribution in [0.25, 0.3) is 0 Å². The first-order valence-electron chi connectivity index (χ1n) is 5.91. The molecule has 0 rings (SSSR count). The van der Waals surface area contributed by atoms with Gasteiger partial charge in [-0.25, -0.2) is 0 Å². The van der Waals surface area contributed by atoms with Crippen molar-refractivity contribution in [1.29, 1.82) is 0 Å². The molecule has 0 N–H and O–H groups in total. The summed E-state index contributed by atoms with van der Waals surface area (Å²) in [6.45, 7) is 15.7. The molecule has 0 heterocycles. The molecule has 0 nitrogen and oxygen atoms in total. The van der Waals surface area contributed by atoms with Crippen molar-refractivity contribution in [1.82, 2.24) is 0 Å². The third-order valence-corrected chi connectivity index (χ3v) is 2.47. The third kappa shape index (κ3) is 18.8. The summed E-state index contributed by atoms with van der Waals surface area (Å²) in [5.74, 6) is 2.61. The van der Waals surface area contributed by atoms with E-state index in [1.54, 1.807) is 0 Å². The molecule has 0 amide bonds. The molecule has 0 atom stereocenters. The lowest BCUT2D eigenvalue weighted by Crippen LogP contribution is -1.95. The van der Waals surface area contributed by atoms with Gasteiger partial charge in [-0.2, -0.15) is 0 Å². The zero-order valence-electron chi connectivity index (χ0n) is 10.9. The zero-order valence-corrected chi connectivity index (χ0v) is 10.9. The maximum atomic E-state index is 2.27. The monoisotopic (exact) mass is 186 g/mol. The molecule has 0 spiro atoms. The van der Waals surface area contributed by atoms with Gasteiger partial charge in [-0.3, -0.25) is 0 Å². The predicted molar refractivity (Wildman–Crippen MR) is 64.0 cm³/mol. The van der Waals surface area contributed by atoms with Crippen LogP contribution in [0.3, 0.4) is 0 Å². The fraction of sp³-hybridized carbons (Fsp3) is 1.00. The molecule has 0 aromatic carbocycles. The summed E-state index contributed by atoms with van der Waals surface area (Å²) in [5, 5.41) is 0. The maximum absolute atomic E-state index is 2.27. The highest BCUT2D eigenvalue weighted by Crippen LogP contribution is 2.05. The Bertz CT molecular complexity index is 74.0. The summed E-state index contributed by atoms with van der Waals surface area (Å²) in [6.07, 6.45) is 4.15. The summed E-state index contributed by atoms with van der Waals surface area (Å²) >= 11 is 0. The quantitative estimate of drug-likeness (QED) is 0.571. The minimum absolute atomic E-state index is 0.852. The molecular formula is C13H30. The lowest BCUT2D eigenvalue weighted by molar-refractivity contribution is 0.457. The second-order valence-electron chi connectivity index (χ2n) is 5.02. The summed E-state index contributed by atoms with van der Waals surface area (Å²) in [5.41, 5.74) is 0. The fourth-order valence-electron chi connectivity index (χ4n) is 0.612. The van der Waals surface area contributed by atoms with Crippen molar-refractivity contribution in [3.05, 3.63) is 0 Å². The van der Waals surface area contributed by atoms with Crippen LogP contribution >= 0.6 is 0 Å². The molecule has 0 saturated heterocycles. The summed E-state index contributed by atoms with van der Waals surface area (Å²) in [4.78, 5) is 0. The SMILES string of the molecule is CC(C)C(C)C.CCCCC(C)C. The van der Waals surface area contributed by atoms with Gasteiger partial charge in [-0.05, 0) is 17.8 Å². The highest BCUT2D eigenvalue weighted by molar-refractivity contribution is 4.46. The molecule has 0 bridgehead atoms. The van der Waals surface area contributed by atoms with Crippen molar-refractivity contribution in [2.24, 2.45) is 17.8 Å². The van der Waals surface area contributed by atoms with Crippen molar-refractivity contribution in [3.63, 3.8) is 0 Å². The lowest BCUT2D eigenvalue weighted by Gasteiger charge is -2.05. The van der Waals surface area contributed by atoms with E-state index in [1.165, 1.54) is 19.3 Å². The molecule has 13 heavy (non-hydrogen) atoms. The number of rotatable bonds is 4. The topological polar surface area (TPSA) is 0 Å². The van der Waals surface area contributed by atoms with Gasteiger partial charge < -0.3 is 0 Å². The van der Waals surface area contributed by atoms with E-state index in [2.05, 4.69) is 48.5 Å². The van der Waals surface area contributed by atoms with Crippen molar-refractivity contribution in [2.45, 2.75) is 67.7 Å². The van der Waals surface area contributed by atoms with E-state index < -0.39 is 0 Å². The molecule has 0 radical (unpaired) electrons. The van der Waals surface area contributed by atoms with E-state index in [1.807, 2.05) is 0 Å². The Labute approximate surface area is 86.1 Å². The molecule has 0 saturated carbocycles. The van der Waals surface area contributed by atoms with E-state index in [-0.39, 0.29) is 0 Å². The van der Waals surface area contributed by atoms with Crippen LogP contribution < -0.4 is 0 Å². The molecule has 0 aliphatic rings. The third-order valence-electron chi connectivity index (χ3n) is 2.47. The Kier molecular flexibility index (Phi) is 12.0. The van der Waals surface area contributed by atoms with E-state index in [9.17, 15) is 0 Å². The molecule has 0 heteroatoms. The number of hydrogen-bond donors (Lipinski definition) is 0. The molecule has 0 fully saturated rings. The zero-order chi connectivity index (χ0) is 10.9. The van der Waals surface area contributed by atoms with E-state index >= 15 is 0 Å². The first-order valence-corrected chi connectivity index (χ1v) is 5.91. The van der Waals surface area contributed by atoms with Crippen LogP contribution in [0, 0.1) is 17.8 Å². The van der Waals surface area contributed by atoms with Crippen LogP contribution in [0.2, 0.25) is 0 Å². The van der Waals surface area contributed by atoms with Crippen molar-refractivity contribution in [3.8, 4) is 0 Å². The molecule has 0 aliphatic heterocycles. The van der Waals surface area contributed by atoms with Gasteiger partial charge in [-0.1, -0.05) is 67.7 Å². The smallest absolute Gasteiger partial charge is 0.0448 e. The second-order valence-corrected chi connectivity index (χ2v) is 5.02. The van der Waals surface area contributed by atoms with Crippen molar-refractivity contribution < 1.29 is 0 Å². The van der Waals surface area contributed by atoms with Crippen LogP contribution in [0.5, 0.6) is 0 Å². The maximum Gasteiger partial charge on any atom is -0.0448 e. The largest absolute Gasteiger partial charge is 0.0654 e. The second kappa shape index (κ2) is 10.1. The Morgan fingerprint density at radius 1 is 0.769 bits per heavy atom. The lowest BCUT2D eigenvalue weighted by atomic mass is 10.0. The minimum atomic E-state index is 0.852. The Hall–Kier alpha value is 0. The average molecular weight is 186 g/mol. The van der Waals surface area contributed by atoms with Gasteiger partial charge in [0, 0.05) is 0 Å². The van der Waals surface area contributed by atoms with Gasteiger partial charge in [0.1, 0.15) is 0 Å². The Morgan fingerprint density at radius 3 is 1.23 bits per heavy atom. The van der Waals surface area contributed by atoms with Crippen LogP contribution in [0.4, 0.5) is 0 Å². The van der Waals surface area contributed by atoms with Crippen LogP contribution in [0.1, 0.15) is 67.7 Å². The van der Waals surface area contributed by atoms with Gasteiger partial charge in [0.05, 0.1) is 0 Å². The first kappa shape index (κ1) is 15.5. The van der Waals surface area contributed by atoms with Crippen LogP contribution in [-0.4, -0.2) is 0 Å². The summed E-state index contributed by atoms with van der Waals surface area (Å²) < 4.78 is 0. The molecule has 0 aromatic rings. The number of unbranched alkanes of at least 4 members (excludes halogenated alkanes) is 1. The summed E-state index contributed by atoms with van der Waals surface area (Å²) in [6, 6.07) is 0. The van der Waals surface area contributed by atoms with Crippen LogP contribution in [-0.2, 0) is 0 Å².